The first-order valence-electron chi connectivity index (χ1n) is 25.0. The van der Waals surface area contributed by atoms with Gasteiger partial charge in [-0.05, 0) is 62.5 Å². The molecule has 2 radical (unpaired) electrons. The SMILES string of the molecule is NCCCCCCOC1O[C@H](CO)C(O)C1O.O=S=P[B]C[C@H]1OC(O)[C@H]([B]P=S=O)C1OB(P)S.S=S=S=S=S=S=S=S=S=S=S=S=S=S=S=S=S=S=S=S=S=S=S.[HH].[N-]=[N+]=NCCCCCCO.[N-]=[N+]=NCCCCCCOC1O[C@H](CO)C(O)C1O. The minimum atomic E-state index is -1.12. The van der Waals surface area contributed by atoms with E-state index >= 15 is 0 Å². The van der Waals surface area contributed by atoms with E-state index in [0.29, 0.717) is 75.3 Å². The van der Waals surface area contributed by atoms with E-state index in [1.807, 2.05) is 26.6 Å². The third-order valence-corrected chi connectivity index (χ3v) is 57.1. The normalized spacial score (nSPS) is 22.4. The predicted octanol–water partition coefficient (Wildman–Crippen LogP) is 1.79. The molecule has 0 bridgehead atoms. The number of hydrogen-bond donors (Lipinski definition) is 10. The molecule has 23 nitrogen and oxygen atoms in total. The minimum Gasteiger partial charge on any atom is -0.417 e. The van der Waals surface area contributed by atoms with Gasteiger partial charge in [0.25, 0.3) is 0 Å². The molecule has 0 amide bonds. The van der Waals surface area contributed by atoms with Gasteiger partial charge < -0.3 is 74.9 Å². The number of nitrogens with zero attached hydrogens (tertiary/aromatic N) is 6. The Morgan fingerprint density at radius 2 is 0.966 bits per heavy atom. The quantitative estimate of drug-likeness (QED) is 0.00932. The van der Waals surface area contributed by atoms with Crippen molar-refractivity contribution < 1.29 is 79.0 Å². The number of azide groups is 2. The topological polar surface area (TPSA) is 375 Å². The lowest BCUT2D eigenvalue weighted by Crippen LogP contribution is -2.34. The van der Waals surface area contributed by atoms with Gasteiger partial charge >= 0.3 is 5.91 Å². The molecule has 88 heavy (non-hydrogen) atoms. The summed E-state index contributed by atoms with van der Waals surface area (Å²) in [4.78, 5) is 5.29. The number of nitrogens with two attached hydrogens (primary N) is 1. The Labute approximate surface area is 603 Å². The molecule has 3 fully saturated rings. The second kappa shape index (κ2) is 72.9. The zero-order valence-electron chi connectivity index (χ0n) is 45.7. The first kappa shape index (κ1) is 94.8. The van der Waals surface area contributed by atoms with Crippen molar-refractivity contribution in [2.75, 3.05) is 52.7 Å². The summed E-state index contributed by atoms with van der Waals surface area (Å²) in [5, 5.41) is 81.0. The zero-order chi connectivity index (χ0) is 65.5. The molecule has 55 heteroatoms. The van der Waals surface area contributed by atoms with Gasteiger partial charge in [0.2, 0.25) is 14.0 Å². The molecule has 0 aromatic carbocycles. The zero-order valence-corrected chi connectivity index (χ0v) is 70.0. The maximum Gasteiger partial charge on any atom is 0.380 e. The second-order valence-corrected chi connectivity index (χ2v) is 58.2. The van der Waals surface area contributed by atoms with Crippen molar-refractivity contribution in [2.45, 2.75) is 157 Å². The van der Waals surface area contributed by atoms with Crippen LogP contribution >= 0.6 is 36.1 Å². The van der Waals surface area contributed by atoms with E-state index in [4.69, 9.17) is 82.8 Å². The number of aliphatic hydroxyl groups excluding tert-OH is 8. The fourth-order valence-electron chi connectivity index (χ4n) is 6.31. The van der Waals surface area contributed by atoms with Crippen molar-refractivity contribution in [2.24, 2.45) is 16.0 Å². The van der Waals surface area contributed by atoms with Crippen molar-refractivity contribution in [3.8, 4) is 0 Å². The summed E-state index contributed by atoms with van der Waals surface area (Å²) in [6, 6.07) is 0. The Morgan fingerprint density at radius 3 is 1.31 bits per heavy atom. The van der Waals surface area contributed by atoms with Crippen LogP contribution in [0.2, 0.25) is 12.1 Å². The highest BCUT2D eigenvalue weighted by atomic mass is 33.5. The summed E-state index contributed by atoms with van der Waals surface area (Å²) >= 11 is 13.7. The summed E-state index contributed by atoms with van der Waals surface area (Å²) in [7, 11) is 40.7. The largest absolute Gasteiger partial charge is 0.417 e. The van der Waals surface area contributed by atoms with Crippen LogP contribution in [0.4, 0.5) is 0 Å². The summed E-state index contributed by atoms with van der Waals surface area (Å²) < 4.78 is 52.8. The standard InChI is InChI=1S/C11H21N3O5.C11H23NO5.C6H13N3O.C5H10B3O5P3S3.S23.H2/c12-14-13-5-3-1-2-4-6-18-11-10(17)9(16)8(7-15)19-11;12-5-3-1-2-4-6-16-11-10(15)9(14)8(7-13)17-11;7-9-8-5-3-1-2-4-6-10;9-5-3(7-16-19-11)4(13-8(14)17)2(12-5)1-6-15-18-10;1-3-5-7-9-11-13-15-17-19-21-23-22-20-18-16-14-12-10-8-6-4-2;/h8-11,15-17H,1-7H2;8-11,13-15H,1-7,12H2;10H,1-6H2;2-5,9,17H,1,14H2;;1H/t2*8-,9?,10?,11?;;2-,3-,4?,5?;;/m11.1../s1. The van der Waals surface area contributed by atoms with Crippen LogP contribution in [-0.4, -0.2) is 190 Å². The molecule has 3 heterocycles. The summed E-state index contributed by atoms with van der Waals surface area (Å²) in [5.41, 5.74) is 21.3. The lowest BCUT2D eigenvalue weighted by molar-refractivity contribution is -0.169. The average molecular weight is 1780 g/mol. The number of hydrogen-bond acceptors (Lipinski definition) is 22. The smallest absolute Gasteiger partial charge is 0.380 e. The maximum absolute atomic E-state index is 10.5. The number of aliphatic hydroxyl groups is 8. The van der Waals surface area contributed by atoms with E-state index in [-0.39, 0.29) is 39.1 Å². The molecule has 0 aromatic heterocycles. The summed E-state index contributed by atoms with van der Waals surface area (Å²) in [6.07, 6.45) is 2.42. The van der Waals surface area contributed by atoms with Gasteiger partial charge in [-0.2, -0.15) is 12.5 Å². The molecule has 3 aliphatic heterocycles. The number of rotatable bonds is 30. The van der Waals surface area contributed by atoms with Gasteiger partial charge in [0.1, 0.15) is 58.3 Å². The highest BCUT2D eigenvalue weighted by molar-refractivity contribution is 8.78. The van der Waals surface area contributed by atoms with Crippen molar-refractivity contribution in [3.05, 3.63) is 20.9 Å². The first-order valence-corrected chi connectivity index (χ1v) is 60.1. The lowest BCUT2D eigenvalue weighted by Gasteiger charge is -2.23. The van der Waals surface area contributed by atoms with Crippen LogP contribution in [0.25, 0.3) is 20.9 Å². The van der Waals surface area contributed by atoms with E-state index in [9.17, 15) is 34.0 Å². The summed E-state index contributed by atoms with van der Waals surface area (Å²) in [5.74, 6) is -0.770. The van der Waals surface area contributed by atoms with Gasteiger partial charge in [0.05, 0.1) is 25.4 Å². The van der Waals surface area contributed by atoms with Gasteiger partial charge in [-0.3, -0.25) is 0 Å². The maximum atomic E-state index is 10.5. The average Bonchev–Trinajstić information content (AvgIpc) is 3.60. The fourth-order valence-corrected chi connectivity index (χ4v) is 60.7. The molecule has 0 aromatic rings. The van der Waals surface area contributed by atoms with Crippen LogP contribution in [0.1, 0.15) is 78.5 Å². The molecule has 512 valence electrons. The van der Waals surface area contributed by atoms with E-state index in [2.05, 4.69) is 41.7 Å². The fraction of sp³-hybridized carbons (Fsp3) is 1.00. The van der Waals surface area contributed by atoms with E-state index in [0.717, 1.165) is 77.0 Å². The van der Waals surface area contributed by atoms with Crippen LogP contribution in [0, 0.1) is 0 Å². The number of thiol groups is 1. The molecule has 3 aliphatic rings. The molecular formula is C33H69B3N7O16P3S26. The van der Waals surface area contributed by atoms with Crippen LogP contribution in [0.15, 0.2) is 10.2 Å². The number of ether oxygens (including phenoxy) is 5. The van der Waals surface area contributed by atoms with E-state index in [1.54, 1.807) is 156 Å². The third-order valence-electron chi connectivity index (χ3n) is 10.1. The third kappa shape index (κ3) is 55.5. The Hall–Kier alpha value is 4.69. The van der Waals surface area contributed by atoms with E-state index < -0.39 is 61.6 Å². The lowest BCUT2D eigenvalue weighted by atomic mass is 9.77. The van der Waals surface area contributed by atoms with Crippen LogP contribution < -0.4 is 5.73 Å². The van der Waals surface area contributed by atoms with Gasteiger partial charge in [-0.1, -0.05) is 63.2 Å². The second-order valence-electron chi connectivity index (χ2n) is 15.8. The molecule has 0 saturated carbocycles. The summed E-state index contributed by atoms with van der Waals surface area (Å²) in [6.45, 7) is 5.71. The van der Waals surface area contributed by atoms with Crippen LogP contribution in [-0.2, 0) is 259 Å². The highest BCUT2D eigenvalue weighted by Crippen LogP contribution is 2.37. The molecule has 0 aliphatic carbocycles. The van der Waals surface area contributed by atoms with E-state index in [1.165, 1.54) is 17.8 Å². The first-order chi connectivity index (χ1) is 42.8. The Bertz CT molecular complexity index is 3050. The van der Waals surface area contributed by atoms with Crippen molar-refractivity contribution in [1.82, 2.24) is 0 Å². The van der Waals surface area contributed by atoms with Gasteiger partial charge in [0.15, 0.2) is 18.9 Å². The van der Waals surface area contributed by atoms with Crippen LogP contribution in [0.3, 0.4) is 0 Å². The molecular weight excluding hydrogens is 1710 g/mol. The molecule has 3 rings (SSSR count). The Balaban J connectivity index is -0.00000105. The molecule has 3 saturated heterocycles. The minimum absolute atomic E-state index is 0. The predicted molar refractivity (Wildman–Crippen MR) is 429 cm³/mol. The Kier molecular flexibility index (Phi) is 78.5. The number of unbranched alkanes of at least 4 members (excludes halogenated alkanes) is 9. The van der Waals surface area contributed by atoms with Crippen LogP contribution in [0.5, 0.6) is 0 Å². The van der Waals surface area contributed by atoms with Crippen molar-refractivity contribution >= 4 is 287 Å². The molecule has 9 unspecified atom stereocenters. The molecule has 10 N–H and O–H groups in total. The monoisotopic (exact) mass is 1780 g/mol. The van der Waals surface area contributed by atoms with Gasteiger partial charge in [-0.25, -0.2) is 8.42 Å². The molecule has 0 spiro atoms. The molecule has 13 atom stereocenters. The van der Waals surface area contributed by atoms with Gasteiger partial charge in [0, 0.05) is 259 Å². The van der Waals surface area contributed by atoms with Crippen molar-refractivity contribution in [1.29, 1.82) is 0 Å². The highest BCUT2D eigenvalue weighted by Gasteiger charge is 2.45. The Morgan fingerprint density at radius 1 is 0.580 bits per heavy atom. The van der Waals surface area contributed by atoms with Crippen molar-refractivity contribution in [3.63, 3.8) is 0 Å². The van der Waals surface area contributed by atoms with Gasteiger partial charge in [-0.15, -0.1) is 9.12 Å².